The second kappa shape index (κ2) is 32.8. The Morgan fingerprint density at radius 1 is 0.450 bits per heavy atom. The Morgan fingerprint density at radius 3 is 1.15 bits per heavy atom. The number of carbonyl (C=O) groups excluding carboxylic acids is 2. The Labute approximate surface area is 610 Å². The van der Waals surface area contributed by atoms with Gasteiger partial charge in [-0.2, -0.15) is 0 Å². The monoisotopic (exact) mass is 1550 g/mol. The molecule has 1 aromatic heterocycles. The minimum atomic E-state index is -2.06. The molecule has 0 saturated heterocycles. The third-order valence-electron chi connectivity index (χ3n) is 23.0. The number of nitrogens with zero attached hydrogens (tertiary/aromatic N) is 1. The van der Waals surface area contributed by atoms with Crippen LogP contribution in [0.2, 0.25) is 24.2 Å². The molecule has 14 rings (SSSR count). The zero-order valence-electron chi connectivity index (χ0n) is 59.4. The van der Waals surface area contributed by atoms with Gasteiger partial charge in [-0.05, 0) is 227 Å². The van der Waals surface area contributed by atoms with Crippen molar-refractivity contribution in [3.63, 3.8) is 0 Å². The summed E-state index contributed by atoms with van der Waals surface area (Å²) in [5.41, 5.74) is 17.2. The topological polar surface area (TPSA) is 124 Å². The van der Waals surface area contributed by atoms with Crippen molar-refractivity contribution in [2.75, 3.05) is 26.4 Å². The molecule has 8 atom stereocenters. The number of allylic oxidation sites excluding steroid dienone is 4. The molecule has 100 heavy (non-hydrogen) atoms. The predicted molar refractivity (Wildman–Crippen MR) is 409 cm³/mol. The Kier molecular flexibility index (Phi) is 23.8. The van der Waals surface area contributed by atoms with Crippen LogP contribution in [0.15, 0.2) is 182 Å². The maximum absolute atomic E-state index is 12.6. The quantitative estimate of drug-likeness (QED) is 0.0155. The Morgan fingerprint density at radius 2 is 0.820 bits per heavy atom. The van der Waals surface area contributed by atoms with Crippen LogP contribution in [0, 0.1) is 41.6 Å². The number of hydrogen-bond acceptors (Lipinski definition) is 9. The van der Waals surface area contributed by atoms with Crippen molar-refractivity contribution in [2.45, 2.75) is 161 Å². The smallest absolute Gasteiger partial charge is 0.309 e. The van der Waals surface area contributed by atoms with Crippen molar-refractivity contribution in [2.24, 2.45) is 35.5 Å². The second-order valence-electron chi connectivity index (χ2n) is 29.2. The number of fused-ring (bicyclic) bond motifs is 10. The number of carbonyl (C=O) groups is 2. The van der Waals surface area contributed by atoms with Crippen LogP contribution in [-0.2, 0) is 40.1 Å². The van der Waals surface area contributed by atoms with Crippen LogP contribution < -0.4 is 30.2 Å². The standard InChI is InChI=1S/C83H88NO6Si2.C5H12O2.Pt/c1-5-91(6-2)78-51-62(29-38-71(78)72-39-30-63(52-79(72)91)59-25-34-69(35-26-59)87-43-13-9-11-15-45-89-82(85)75-49-56-17-19-66(75)47-56)58-21-23-61(24-22-58)77-42-33-68(55-84-77)65-32-41-74-73-40-31-64(53-80(73)92(7-3,8-4)81(74)54-65)60-27-36-70(37-28-60)88-44-14-10-12-16-46-90-83(86)76-50-57-18-20-67(76)48-57;1-4(6)3-5(2)7;/h17-23,25-42,51-57,66-67,75-76H,5-16,43-50H2,1-4H3;4-7H,3H2,1-2H3;/q-1;;. The number of aromatic nitrogens is 1. The van der Waals surface area contributed by atoms with E-state index in [0.29, 0.717) is 56.5 Å². The average Bonchev–Trinajstić information content (AvgIpc) is 1.57. The van der Waals surface area contributed by atoms with Gasteiger partial charge < -0.3 is 34.1 Å². The zero-order valence-corrected chi connectivity index (χ0v) is 63.7. The van der Waals surface area contributed by atoms with Crippen molar-refractivity contribution in [3.05, 3.63) is 188 Å². The maximum Gasteiger partial charge on any atom is 0.309 e. The number of aliphatic hydroxyl groups excluding tert-OH is 2. The Bertz CT molecular complexity index is 3910. The van der Waals surface area contributed by atoms with Gasteiger partial charge in [-0.1, -0.05) is 196 Å². The van der Waals surface area contributed by atoms with Crippen molar-refractivity contribution in [1.29, 1.82) is 0 Å². The minimum absolute atomic E-state index is 0. The molecule has 2 fully saturated rings. The average molecular weight is 1550 g/mol. The molecule has 4 bridgehead atoms. The molecule has 3 heterocycles. The molecule has 2 saturated carbocycles. The van der Waals surface area contributed by atoms with E-state index in [9.17, 15) is 9.59 Å². The molecule has 9 nitrogen and oxygen atoms in total. The van der Waals surface area contributed by atoms with Gasteiger partial charge in [0.2, 0.25) is 0 Å². The van der Waals surface area contributed by atoms with Crippen LogP contribution in [0.5, 0.6) is 11.5 Å². The zero-order chi connectivity index (χ0) is 68.6. The molecule has 4 aliphatic carbocycles. The number of benzene rings is 7. The molecular weight excluding hydrogens is 1450 g/mol. The Balaban J connectivity index is 0.00000113. The van der Waals surface area contributed by atoms with E-state index in [1.165, 1.54) is 61.2 Å². The van der Waals surface area contributed by atoms with Gasteiger partial charge in [0.1, 0.15) is 27.6 Å². The molecule has 8 aromatic rings. The first kappa shape index (κ1) is 72.5. The fourth-order valence-corrected chi connectivity index (χ4v) is 26.6. The van der Waals surface area contributed by atoms with Crippen LogP contribution in [0.4, 0.5) is 0 Å². The van der Waals surface area contributed by atoms with Gasteiger partial charge in [0.05, 0.1) is 50.5 Å². The van der Waals surface area contributed by atoms with E-state index in [4.69, 9.17) is 34.1 Å². The molecule has 0 amide bonds. The molecule has 12 heteroatoms. The van der Waals surface area contributed by atoms with Crippen LogP contribution in [0.3, 0.4) is 0 Å². The Hall–Kier alpha value is -7.25. The minimum Gasteiger partial charge on any atom is -0.494 e. The SMILES string of the molecule is CC(O)CC(C)O.CC[Si]1(CC)c2cc(-c3c[c-]c(-c4ccc(-c5ccc6c(c5)[Si](CC)(CC)c5cc(-c7ccc(OCCCCCCOC(=O)C8CC9C=CC8C9)cc7)ccc5-6)cn4)cc3)ccc2-c2ccc(-c3ccc(OCCCCCCOC(=O)C4CC5C=CC4C5)cc3)cc21.[Pt]. The summed E-state index contributed by atoms with van der Waals surface area (Å²) in [6, 6.07) is 65.2. The second-order valence-corrected chi connectivity index (χ2v) is 38.5. The third kappa shape index (κ3) is 15.6. The van der Waals surface area contributed by atoms with Crippen LogP contribution >= 0.6 is 0 Å². The van der Waals surface area contributed by atoms with Crippen LogP contribution in [0.25, 0.3) is 78.0 Å². The van der Waals surface area contributed by atoms with Gasteiger partial charge in [-0.25, -0.2) is 0 Å². The number of esters is 2. The van der Waals surface area contributed by atoms with E-state index in [1.807, 2.05) is 6.20 Å². The molecule has 8 unspecified atom stereocenters. The molecule has 0 radical (unpaired) electrons. The molecule has 7 aromatic carbocycles. The van der Waals surface area contributed by atoms with E-state index in [1.54, 1.807) is 34.6 Å². The van der Waals surface area contributed by atoms with E-state index in [-0.39, 0.29) is 57.0 Å². The van der Waals surface area contributed by atoms with Gasteiger partial charge in [0, 0.05) is 27.3 Å². The number of unbranched alkanes of at least 4 members (excludes halogenated alkanes) is 6. The number of ether oxygens (including phenoxy) is 4. The molecule has 6 aliphatic rings. The third-order valence-corrected chi connectivity index (χ3v) is 33.6. The summed E-state index contributed by atoms with van der Waals surface area (Å²) in [6.45, 7) is 15.4. The fourth-order valence-electron chi connectivity index (χ4n) is 17.4. The van der Waals surface area contributed by atoms with E-state index >= 15 is 0 Å². The molecule has 524 valence electrons. The van der Waals surface area contributed by atoms with Gasteiger partial charge in [0.25, 0.3) is 0 Å². The first-order valence-corrected chi connectivity index (χ1v) is 42.2. The summed E-state index contributed by atoms with van der Waals surface area (Å²) < 4.78 is 23.7. The summed E-state index contributed by atoms with van der Waals surface area (Å²) in [5.74, 6) is 3.97. The van der Waals surface area contributed by atoms with E-state index in [2.05, 4.69) is 210 Å². The maximum atomic E-state index is 12.6. The number of pyridine rings is 1. The molecule has 2 N–H and O–H groups in total. The fraction of sp³-hybridized carbons (Fsp3) is 0.398. The van der Waals surface area contributed by atoms with Gasteiger partial charge in [0.15, 0.2) is 0 Å². The number of hydrogen-bond donors (Lipinski definition) is 2. The van der Waals surface area contributed by atoms with Crippen molar-refractivity contribution in [3.8, 4) is 89.5 Å². The van der Waals surface area contributed by atoms with Crippen molar-refractivity contribution < 1.29 is 59.8 Å². The summed E-state index contributed by atoms with van der Waals surface area (Å²) in [6.07, 6.45) is 22.9. The summed E-state index contributed by atoms with van der Waals surface area (Å²) in [5, 5.41) is 23.3. The van der Waals surface area contributed by atoms with Gasteiger partial charge >= 0.3 is 11.9 Å². The van der Waals surface area contributed by atoms with Gasteiger partial charge in [-0.3, -0.25) is 9.59 Å². The molecule has 2 aliphatic heterocycles. The first-order valence-electron chi connectivity index (χ1n) is 37.4. The number of aliphatic hydroxyl groups is 2. The largest absolute Gasteiger partial charge is 0.494 e. The number of rotatable bonds is 29. The van der Waals surface area contributed by atoms with E-state index < -0.39 is 16.1 Å². The normalized spacial score (nSPS) is 19.9. The van der Waals surface area contributed by atoms with Crippen molar-refractivity contribution in [1.82, 2.24) is 4.98 Å². The molecular formula is C88H100NO8PtSi2-. The van der Waals surface area contributed by atoms with Crippen LogP contribution in [0.1, 0.15) is 125 Å². The van der Waals surface area contributed by atoms with E-state index in [0.717, 1.165) is 130 Å². The van der Waals surface area contributed by atoms with Crippen LogP contribution in [-0.4, -0.2) is 81.9 Å². The predicted octanol–water partition coefficient (Wildman–Crippen LogP) is 17.9. The summed E-state index contributed by atoms with van der Waals surface area (Å²) >= 11 is 0. The van der Waals surface area contributed by atoms with Crippen molar-refractivity contribution >= 4 is 48.8 Å². The summed E-state index contributed by atoms with van der Waals surface area (Å²) in [4.78, 5) is 30.2. The molecule has 0 spiro atoms. The first-order chi connectivity index (χ1) is 48.3. The van der Waals surface area contributed by atoms with Gasteiger partial charge in [-0.15, -0.1) is 29.8 Å². The summed E-state index contributed by atoms with van der Waals surface area (Å²) in [7, 11) is -4.11.